The highest BCUT2D eigenvalue weighted by molar-refractivity contribution is 5.42. The van der Waals surface area contributed by atoms with Crippen molar-refractivity contribution in [2.75, 3.05) is 25.2 Å². The second-order valence-electron chi connectivity index (χ2n) is 5.05. The lowest BCUT2D eigenvalue weighted by atomic mass is 10.1. The molecule has 1 aliphatic rings. The van der Waals surface area contributed by atoms with Crippen molar-refractivity contribution in [2.24, 2.45) is 0 Å². The van der Waals surface area contributed by atoms with Gasteiger partial charge in [0.15, 0.2) is 0 Å². The van der Waals surface area contributed by atoms with Crippen molar-refractivity contribution in [2.45, 2.75) is 38.6 Å². The Morgan fingerprint density at radius 3 is 2.88 bits per heavy atom. The van der Waals surface area contributed by atoms with Crippen LogP contribution in [0.1, 0.15) is 38.2 Å². The Balaban J connectivity index is 2.10. The number of nitrogens with zero attached hydrogens (tertiary/aromatic N) is 2. The van der Waals surface area contributed by atoms with Gasteiger partial charge in [-0.05, 0) is 30.4 Å². The van der Waals surface area contributed by atoms with Crippen LogP contribution in [0.3, 0.4) is 0 Å². The zero-order chi connectivity index (χ0) is 12.3. The van der Waals surface area contributed by atoms with E-state index in [0.717, 1.165) is 19.0 Å². The Kier molecular flexibility index (Phi) is 4.00. The van der Waals surface area contributed by atoms with E-state index in [1.807, 2.05) is 6.20 Å². The number of pyridine rings is 1. The maximum Gasteiger partial charge on any atom is 0.128 e. The zero-order valence-corrected chi connectivity index (χ0v) is 11.0. The molecule has 1 atom stereocenters. The molecule has 0 aromatic carbocycles. The summed E-state index contributed by atoms with van der Waals surface area (Å²) < 4.78 is 5.27. The van der Waals surface area contributed by atoms with Crippen LogP contribution in [0.5, 0.6) is 0 Å². The first-order valence-electron chi connectivity index (χ1n) is 6.44. The molecular weight excluding hydrogens is 212 g/mol. The van der Waals surface area contributed by atoms with Gasteiger partial charge in [-0.1, -0.05) is 19.9 Å². The van der Waals surface area contributed by atoms with Crippen molar-refractivity contribution < 1.29 is 4.74 Å². The van der Waals surface area contributed by atoms with Gasteiger partial charge in [-0.25, -0.2) is 4.98 Å². The lowest BCUT2D eigenvalue weighted by Gasteiger charge is -2.25. The highest BCUT2D eigenvalue weighted by atomic mass is 16.5. The molecular formula is C14H22N2O. The Morgan fingerprint density at radius 2 is 2.29 bits per heavy atom. The quantitative estimate of drug-likeness (QED) is 0.801. The number of aromatic nitrogens is 1. The van der Waals surface area contributed by atoms with Crippen LogP contribution < -0.4 is 4.90 Å². The molecule has 2 heterocycles. The summed E-state index contributed by atoms with van der Waals surface area (Å²) in [5.74, 6) is 1.64. The molecule has 0 unspecified atom stereocenters. The molecule has 0 spiro atoms. The van der Waals surface area contributed by atoms with E-state index in [0.29, 0.717) is 12.0 Å². The predicted molar refractivity (Wildman–Crippen MR) is 70.6 cm³/mol. The average Bonchev–Trinajstić information content (AvgIpc) is 2.78. The molecule has 0 amide bonds. The fourth-order valence-corrected chi connectivity index (χ4v) is 2.41. The van der Waals surface area contributed by atoms with Gasteiger partial charge in [-0.2, -0.15) is 0 Å². The van der Waals surface area contributed by atoms with Crippen molar-refractivity contribution in [3.63, 3.8) is 0 Å². The van der Waals surface area contributed by atoms with E-state index in [1.54, 1.807) is 7.11 Å². The van der Waals surface area contributed by atoms with E-state index in [2.05, 4.69) is 35.9 Å². The van der Waals surface area contributed by atoms with Crippen molar-refractivity contribution in [3.05, 3.63) is 23.9 Å². The smallest absolute Gasteiger partial charge is 0.128 e. The minimum atomic E-state index is 0.498. The fourth-order valence-electron chi connectivity index (χ4n) is 2.41. The molecule has 3 nitrogen and oxygen atoms in total. The van der Waals surface area contributed by atoms with Gasteiger partial charge < -0.3 is 9.64 Å². The lowest BCUT2D eigenvalue weighted by molar-refractivity contribution is 0.180. The summed E-state index contributed by atoms with van der Waals surface area (Å²) >= 11 is 0. The summed E-state index contributed by atoms with van der Waals surface area (Å²) in [4.78, 5) is 6.95. The molecule has 0 N–H and O–H groups in total. The van der Waals surface area contributed by atoms with Gasteiger partial charge in [-0.15, -0.1) is 0 Å². The van der Waals surface area contributed by atoms with E-state index < -0.39 is 0 Å². The topological polar surface area (TPSA) is 25.4 Å². The number of rotatable bonds is 4. The van der Waals surface area contributed by atoms with Crippen molar-refractivity contribution in [1.82, 2.24) is 4.98 Å². The molecule has 1 saturated heterocycles. The monoisotopic (exact) mass is 234 g/mol. The van der Waals surface area contributed by atoms with Gasteiger partial charge in [0.05, 0.1) is 12.6 Å². The Labute approximate surface area is 104 Å². The number of ether oxygens (including phenoxy) is 1. The third kappa shape index (κ3) is 2.78. The van der Waals surface area contributed by atoms with Crippen LogP contribution >= 0.6 is 0 Å². The zero-order valence-electron chi connectivity index (χ0n) is 11.0. The van der Waals surface area contributed by atoms with Crippen LogP contribution in [0.15, 0.2) is 18.3 Å². The third-order valence-electron chi connectivity index (χ3n) is 3.47. The Morgan fingerprint density at radius 1 is 1.47 bits per heavy atom. The summed E-state index contributed by atoms with van der Waals surface area (Å²) in [6.45, 7) is 6.29. The standard InChI is InChI=1S/C14H22N2O/c1-11(2)12-6-7-14(15-9-12)16-8-4-5-13(16)10-17-3/h6-7,9,11,13H,4-5,8,10H2,1-3H3/t13-/m1/s1. The van der Waals surface area contributed by atoms with Gasteiger partial charge in [0, 0.05) is 19.9 Å². The van der Waals surface area contributed by atoms with Crippen LogP contribution in [-0.4, -0.2) is 31.3 Å². The maximum absolute atomic E-state index is 5.27. The predicted octanol–water partition coefficient (Wildman–Crippen LogP) is 2.82. The molecule has 1 aromatic heterocycles. The summed E-state index contributed by atoms with van der Waals surface area (Å²) in [5, 5.41) is 0. The fraction of sp³-hybridized carbons (Fsp3) is 0.643. The molecule has 3 heteroatoms. The largest absolute Gasteiger partial charge is 0.383 e. The highest BCUT2D eigenvalue weighted by Crippen LogP contribution is 2.25. The van der Waals surface area contributed by atoms with Gasteiger partial charge in [0.25, 0.3) is 0 Å². The second-order valence-corrected chi connectivity index (χ2v) is 5.05. The Bertz CT molecular complexity index is 348. The van der Waals surface area contributed by atoms with E-state index in [9.17, 15) is 0 Å². The van der Waals surface area contributed by atoms with E-state index in [4.69, 9.17) is 4.74 Å². The van der Waals surface area contributed by atoms with Crippen molar-refractivity contribution in [1.29, 1.82) is 0 Å². The number of hydrogen-bond acceptors (Lipinski definition) is 3. The van der Waals surface area contributed by atoms with Crippen LogP contribution in [0.25, 0.3) is 0 Å². The minimum Gasteiger partial charge on any atom is -0.383 e. The van der Waals surface area contributed by atoms with Gasteiger partial charge in [0.2, 0.25) is 0 Å². The van der Waals surface area contributed by atoms with Crippen molar-refractivity contribution >= 4 is 5.82 Å². The summed E-state index contributed by atoms with van der Waals surface area (Å²) in [7, 11) is 1.77. The SMILES string of the molecule is COC[C@H]1CCCN1c1ccc(C(C)C)cn1. The lowest BCUT2D eigenvalue weighted by Crippen LogP contribution is -2.33. The molecule has 1 aliphatic heterocycles. The molecule has 2 rings (SSSR count). The molecule has 1 aromatic rings. The minimum absolute atomic E-state index is 0.498. The highest BCUT2D eigenvalue weighted by Gasteiger charge is 2.25. The summed E-state index contributed by atoms with van der Waals surface area (Å²) in [6.07, 6.45) is 4.45. The van der Waals surface area contributed by atoms with Crippen LogP contribution in [-0.2, 0) is 4.74 Å². The van der Waals surface area contributed by atoms with Crippen LogP contribution in [0, 0.1) is 0 Å². The van der Waals surface area contributed by atoms with E-state index >= 15 is 0 Å². The number of methoxy groups -OCH3 is 1. The maximum atomic E-state index is 5.27. The molecule has 0 radical (unpaired) electrons. The normalized spacial score (nSPS) is 20.2. The second kappa shape index (κ2) is 5.50. The van der Waals surface area contributed by atoms with E-state index in [1.165, 1.54) is 18.4 Å². The molecule has 17 heavy (non-hydrogen) atoms. The van der Waals surface area contributed by atoms with Gasteiger partial charge in [0.1, 0.15) is 5.82 Å². The molecule has 0 saturated carbocycles. The average molecular weight is 234 g/mol. The first-order chi connectivity index (χ1) is 8.22. The first-order valence-corrected chi connectivity index (χ1v) is 6.44. The van der Waals surface area contributed by atoms with Gasteiger partial charge in [-0.3, -0.25) is 0 Å². The molecule has 0 bridgehead atoms. The molecule has 1 fully saturated rings. The van der Waals surface area contributed by atoms with E-state index in [-0.39, 0.29) is 0 Å². The summed E-state index contributed by atoms with van der Waals surface area (Å²) in [6, 6.07) is 4.83. The van der Waals surface area contributed by atoms with Crippen LogP contribution in [0.4, 0.5) is 5.82 Å². The number of hydrogen-bond donors (Lipinski definition) is 0. The molecule has 0 aliphatic carbocycles. The van der Waals surface area contributed by atoms with Gasteiger partial charge >= 0.3 is 0 Å². The first kappa shape index (κ1) is 12.4. The van der Waals surface area contributed by atoms with Crippen LogP contribution in [0.2, 0.25) is 0 Å². The summed E-state index contributed by atoms with van der Waals surface area (Å²) in [5.41, 5.74) is 1.30. The van der Waals surface area contributed by atoms with Crippen molar-refractivity contribution in [3.8, 4) is 0 Å². The third-order valence-corrected chi connectivity index (χ3v) is 3.47. The molecule has 94 valence electrons. The number of anilines is 1. The Hall–Kier alpha value is -1.09.